The third-order valence-electron chi connectivity index (χ3n) is 5.71. The van der Waals surface area contributed by atoms with Crippen LogP contribution in [0, 0.1) is 0 Å². The van der Waals surface area contributed by atoms with E-state index < -0.39 is 0 Å². The van der Waals surface area contributed by atoms with Crippen molar-refractivity contribution in [1.29, 1.82) is 0 Å². The monoisotopic (exact) mass is 383 g/mol. The van der Waals surface area contributed by atoms with Gasteiger partial charge in [0, 0.05) is 12.0 Å². The van der Waals surface area contributed by atoms with Crippen molar-refractivity contribution in [1.82, 2.24) is 0 Å². The summed E-state index contributed by atoms with van der Waals surface area (Å²) >= 11 is 0. The molecule has 0 aliphatic carbocycles. The van der Waals surface area contributed by atoms with Crippen LogP contribution >= 0.6 is 0 Å². The average Bonchev–Trinajstić information content (AvgIpc) is 3.11. The molecule has 1 aliphatic rings. The largest absolute Gasteiger partial charge is 0.257 e. The zero-order valence-electron chi connectivity index (χ0n) is 17.8. The predicted octanol–water partition coefficient (Wildman–Crippen LogP) is 5.66. The molecule has 0 aromatic heterocycles. The van der Waals surface area contributed by atoms with Gasteiger partial charge in [0.1, 0.15) is 24.8 Å². The molecule has 1 atom stereocenters. The second-order valence-electron chi connectivity index (χ2n) is 9.04. The van der Waals surface area contributed by atoms with Gasteiger partial charge >= 0.3 is 0 Å². The minimum atomic E-state index is 0.117. The lowest BCUT2D eigenvalue weighted by Crippen LogP contribution is -2.29. The average molecular weight is 384 g/mol. The normalized spacial score (nSPS) is 16.7. The Labute approximate surface area is 175 Å². The summed E-state index contributed by atoms with van der Waals surface area (Å²) in [6, 6.07) is 31.0. The zero-order valence-corrected chi connectivity index (χ0v) is 17.8. The molecule has 29 heavy (non-hydrogen) atoms. The van der Waals surface area contributed by atoms with Crippen molar-refractivity contribution in [3.8, 4) is 0 Å². The molecule has 0 unspecified atom stereocenters. The Balaban J connectivity index is 1.66. The summed E-state index contributed by atoms with van der Waals surface area (Å²) in [5.74, 6) is 0. The van der Waals surface area contributed by atoms with E-state index in [1.165, 1.54) is 22.4 Å². The number of rotatable bonds is 5. The van der Waals surface area contributed by atoms with Crippen molar-refractivity contribution in [2.75, 3.05) is 11.4 Å². The van der Waals surface area contributed by atoms with Crippen LogP contribution in [0.15, 0.2) is 84.9 Å². The molecule has 1 aliphatic heterocycles. The first kappa shape index (κ1) is 19.4. The van der Waals surface area contributed by atoms with Crippen LogP contribution in [-0.2, 0) is 18.4 Å². The fourth-order valence-electron chi connectivity index (χ4n) is 4.20. The van der Waals surface area contributed by atoms with Crippen molar-refractivity contribution in [2.24, 2.45) is 0 Å². The molecule has 1 heterocycles. The quantitative estimate of drug-likeness (QED) is 0.516. The van der Waals surface area contributed by atoms with Crippen molar-refractivity contribution >= 4 is 12.0 Å². The highest BCUT2D eigenvalue weighted by Crippen LogP contribution is 2.32. The molecule has 148 valence electrons. The first-order chi connectivity index (χ1) is 14.0. The summed E-state index contributed by atoms with van der Waals surface area (Å²) in [7, 11) is 0. The van der Waals surface area contributed by atoms with Crippen molar-refractivity contribution in [3.05, 3.63) is 102 Å². The van der Waals surface area contributed by atoms with Gasteiger partial charge in [0.2, 0.25) is 6.34 Å². The van der Waals surface area contributed by atoms with Gasteiger partial charge in [-0.2, -0.15) is 0 Å². The summed E-state index contributed by atoms with van der Waals surface area (Å²) < 4.78 is 2.52. The second kappa shape index (κ2) is 8.24. The van der Waals surface area contributed by atoms with Gasteiger partial charge in [0.15, 0.2) is 0 Å². The van der Waals surface area contributed by atoms with Crippen LogP contribution in [0.25, 0.3) is 0 Å². The van der Waals surface area contributed by atoms with Gasteiger partial charge in [-0.25, -0.2) is 4.90 Å². The Kier molecular flexibility index (Phi) is 5.53. The minimum absolute atomic E-state index is 0.117. The van der Waals surface area contributed by atoms with E-state index in [0.717, 1.165) is 19.5 Å². The van der Waals surface area contributed by atoms with Crippen molar-refractivity contribution in [2.45, 2.75) is 45.2 Å². The van der Waals surface area contributed by atoms with Crippen LogP contribution in [0.1, 0.15) is 37.5 Å². The van der Waals surface area contributed by atoms with Crippen molar-refractivity contribution in [3.63, 3.8) is 0 Å². The van der Waals surface area contributed by atoms with E-state index in [2.05, 4.69) is 122 Å². The number of benzene rings is 3. The van der Waals surface area contributed by atoms with Crippen LogP contribution in [-0.4, -0.2) is 23.5 Å². The highest BCUT2D eigenvalue weighted by molar-refractivity contribution is 5.79. The molecule has 0 fully saturated rings. The van der Waals surface area contributed by atoms with Crippen LogP contribution in [0.4, 0.5) is 5.69 Å². The third kappa shape index (κ3) is 4.59. The smallest absolute Gasteiger partial charge is 0.240 e. The lowest BCUT2D eigenvalue weighted by atomic mass is 9.85. The van der Waals surface area contributed by atoms with Crippen molar-refractivity contribution < 1.29 is 4.58 Å². The fourth-order valence-corrected chi connectivity index (χ4v) is 4.20. The zero-order chi connectivity index (χ0) is 20.3. The lowest BCUT2D eigenvalue weighted by molar-refractivity contribution is -0.567. The van der Waals surface area contributed by atoms with Crippen LogP contribution < -0.4 is 4.90 Å². The molecule has 0 amide bonds. The highest BCUT2D eigenvalue weighted by atomic mass is 15.3. The van der Waals surface area contributed by atoms with E-state index in [1.807, 2.05) is 0 Å². The molecular formula is C27H31N2+. The van der Waals surface area contributed by atoms with E-state index in [-0.39, 0.29) is 5.41 Å². The maximum atomic E-state index is 2.52. The fraction of sp³-hybridized carbons (Fsp3) is 0.296. The number of anilines is 1. The summed E-state index contributed by atoms with van der Waals surface area (Å²) in [6.45, 7) is 8.84. The molecule has 0 saturated carbocycles. The Bertz CT molecular complexity index is 968. The minimum Gasteiger partial charge on any atom is -0.257 e. The van der Waals surface area contributed by atoms with Gasteiger partial charge in [-0.3, -0.25) is 4.58 Å². The number of para-hydroxylation sites is 1. The van der Waals surface area contributed by atoms with Gasteiger partial charge in [0.05, 0.1) is 0 Å². The van der Waals surface area contributed by atoms with Gasteiger partial charge in [-0.05, 0) is 22.6 Å². The highest BCUT2D eigenvalue weighted by Gasteiger charge is 2.34. The van der Waals surface area contributed by atoms with Crippen LogP contribution in [0.3, 0.4) is 0 Å². The molecule has 4 rings (SSSR count). The second-order valence-corrected chi connectivity index (χ2v) is 9.04. The van der Waals surface area contributed by atoms with E-state index in [9.17, 15) is 0 Å². The van der Waals surface area contributed by atoms with Crippen LogP contribution in [0.2, 0.25) is 0 Å². The first-order valence-electron chi connectivity index (χ1n) is 10.6. The molecule has 2 nitrogen and oxygen atoms in total. The van der Waals surface area contributed by atoms with E-state index >= 15 is 0 Å². The van der Waals surface area contributed by atoms with Gasteiger partial charge in [-0.15, -0.1) is 0 Å². The van der Waals surface area contributed by atoms with E-state index in [4.69, 9.17) is 0 Å². The van der Waals surface area contributed by atoms with E-state index in [1.54, 1.807) is 0 Å². The molecule has 0 radical (unpaired) electrons. The van der Waals surface area contributed by atoms with Crippen LogP contribution in [0.5, 0.6) is 0 Å². The molecule has 0 bridgehead atoms. The molecular weight excluding hydrogens is 352 g/mol. The number of hydrogen-bond donors (Lipinski definition) is 0. The number of hydrogen-bond acceptors (Lipinski definition) is 1. The molecule has 0 N–H and O–H groups in total. The first-order valence-corrected chi connectivity index (χ1v) is 10.6. The Hall–Kier alpha value is -2.87. The lowest BCUT2D eigenvalue weighted by Gasteiger charge is -2.23. The summed E-state index contributed by atoms with van der Waals surface area (Å²) in [6.07, 6.45) is 3.39. The number of nitrogens with zero attached hydrogens (tertiary/aromatic N) is 2. The summed E-state index contributed by atoms with van der Waals surface area (Å²) in [4.78, 5) is 2.46. The van der Waals surface area contributed by atoms with E-state index in [0.29, 0.717) is 6.04 Å². The maximum Gasteiger partial charge on any atom is 0.240 e. The third-order valence-corrected chi connectivity index (χ3v) is 5.71. The molecule has 0 saturated heterocycles. The summed E-state index contributed by atoms with van der Waals surface area (Å²) in [5, 5.41) is 0. The predicted molar refractivity (Wildman–Crippen MR) is 123 cm³/mol. The molecule has 3 aromatic carbocycles. The standard InChI is InChI=1S/C27H31N2/c1-27(2,3)25-16-10-11-17-26(25)29-20-24(18-22-12-6-4-7-13-22)28(21-29)19-23-14-8-5-9-15-23/h4-17,21,24H,18-20H2,1-3H3/q+1/t24-/m0/s1. The Morgan fingerprint density at radius 1 is 0.793 bits per heavy atom. The molecule has 2 heteroatoms. The van der Waals surface area contributed by atoms with Gasteiger partial charge in [-0.1, -0.05) is 99.6 Å². The maximum absolute atomic E-state index is 2.52. The van der Waals surface area contributed by atoms with Gasteiger partial charge < -0.3 is 0 Å². The Morgan fingerprint density at radius 2 is 1.38 bits per heavy atom. The SMILES string of the molecule is CC(C)(C)c1ccccc1N1C=[N+](Cc2ccccc2)[C@@H](Cc2ccccc2)C1. The molecule has 3 aromatic rings. The molecule has 0 spiro atoms. The Morgan fingerprint density at radius 3 is 2.03 bits per heavy atom. The summed E-state index contributed by atoms with van der Waals surface area (Å²) in [5.41, 5.74) is 5.60. The van der Waals surface area contributed by atoms with Gasteiger partial charge in [0.25, 0.3) is 0 Å². The topological polar surface area (TPSA) is 6.25 Å².